The third kappa shape index (κ3) is 3.65. The van der Waals surface area contributed by atoms with E-state index in [0.717, 1.165) is 18.4 Å². The van der Waals surface area contributed by atoms with Crippen LogP contribution in [-0.2, 0) is 6.42 Å². The molecule has 2 aromatic carbocycles. The van der Waals surface area contributed by atoms with E-state index in [9.17, 15) is 9.59 Å². The van der Waals surface area contributed by atoms with Crippen molar-refractivity contribution in [1.82, 2.24) is 5.32 Å². The predicted octanol–water partition coefficient (Wildman–Crippen LogP) is 3.37. The molecule has 1 aliphatic rings. The van der Waals surface area contributed by atoms with E-state index in [0.29, 0.717) is 23.9 Å². The minimum absolute atomic E-state index is 0.258. The van der Waals surface area contributed by atoms with Gasteiger partial charge in [0.05, 0.1) is 0 Å². The fourth-order valence-electron chi connectivity index (χ4n) is 3.59. The van der Waals surface area contributed by atoms with Gasteiger partial charge in [0.15, 0.2) is 0 Å². The molecule has 1 atom stereocenters. The van der Waals surface area contributed by atoms with Crippen molar-refractivity contribution in [3.8, 4) is 0 Å². The van der Waals surface area contributed by atoms with Gasteiger partial charge < -0.3 is 20.0 Å². The lowest BCUT2D eigenvalue weighted by molar-refractivity contribution is 0.252. The SMILES string of the molecule is C[C@H]1Cc2ccccc2N1CCNC(=O)Nc1ccc2oc(=O)ccc2c1. The average molecular weight is 363 g/mol. The number of carbonyl (C=O) groups is 1. The van der Waals surface area contributed by atoms with Gasteiger partial charge in [-0.15, -0.1) is 0 Å². The summed E-state index contributed by atoms with van der Waals surface area (Å²) in [7, 11) is 0. The molecule has 0 saturated carbocycles. The summed E-state index contributed by atoms with van der Waals surface area (Å²) in [6.07, 6.45) is 1.04. The summed E-state index contributed by atoms with van der Waals surface area (Å²) in [4.78, 5) is 25.7. The first kappa shape index (κ1) is 17.1. The zero-order chi connectivity index (χ0) is 18.8. The maximum absolute atomic E-state index is 12.2. The number of hydrogen-bond donors (Lipinski definition) is 2. The summed E-state index contributed by atoms with van der Waals surface area (Å²) < 4.78 is 5.09. The molecule has 4 rings (SSSR count). The van der Waals surface area contributed by atoms with Gasteiger partial charge >= 0.3 is 11.7 Å². The molecule has 2 heterocycles. The van der Waals surface area contributed by atoms with Gasteiger partial charge in [0.25, 0.3) is 0 Å². The Morgan fingerprint density at radius 2 is 2.04 bits per heavy atom. The Labute approximate surface area is 156 Å². The maximum atomic E-state index is 12.2. The molecular formula is C21H21N3O3. The highest BCUT2D eigenvalue weighted by Crippen LogP contribution is 2.31. The van der Waals surface area contributed by atoms with Crippen LogP contribution < -0.4 is 21.2 Å². The van der Waals surface area contributed by atoms with Crippen LogP contribution in [0.25, 0.3) is 11.0 Å². The topological polar surface area (TPSA) is 74.6 Å². The van der Waals surface area contributed by atoms with E-state index in [-0.39, 0.29) is 6.03 Å². The molecule has 0 radical (unpaired) electrons. The van der Waals surface area contributed by atoms with E-state index in [4.69, 9.17) is 4.42 Å². The molecule has 2 N–H and O–H groups in total. The largest absolute Gasteiger partial charge is 0.423 e. The zero-order valence-electron chi connectivity index (χ0n) is 15.1. The molecule has 1 aromatic heterocycles. The van der Waals surface area contributed by atoms with E-state index in [2.05, 4.69) is 40.7 Å². The molecule has 27 heavy (non-hydrogen) atoms. The van der Waals surface area contributed by atoms with Crippen molar-refractivity contribution >= 4 is 28.4 Å². The number of fused-ring (bicyclic) bond motifs is 2. The molecule has 3 aromatic rings. The first-order valence-electron chi connectivity index (χ1n) is 9.03. The average Bonchev–Trinajstić information content (AvgIpc) is 2.97. The Hall–Kier alpha value is -3.28. The number of hydrogen-bond acceptors (Lipinski definition) is 4. The van der Waals surface area contributed by atoms with Crippen LogP contribution >= 0.6 is 0 Å². The molecule has 0 spiro atoms. The number of rotatable bonds is 4. The van der Waals surface area contributed by atoms with Gasteiger partial charge in [-0.1, -0.05) is 18.2 Å². The minimum Gasteiger partial charge on any atom is -0.423 e. The smallest absolute Gasteiger partial charge is 0.336 e. The van der Waals surface area contributed by atoms with Crippen molar-refractivity contribution in [3.63, 3.8) is 0 Å². The van der Waals surface area contributed by atoms with Gasteiger partial charge in [-0.3, -0.25) is 0 Å². The molecule has 6 heteroatoms. The van der Waals surface area contributed by atoms with E-state index >= 15 is 0 Å². The van der Waals surface area contributed by atoms with Gasteiger partial charge in [-0.25, -0.2) is 9.59 Å². The van der Waals surface area contributed by atoms with Gasteiger partial charge in [0.2, 0.25) is 0 Å². The van der Waals surface area contributed by atoms with Crippen LogP contribution in [0.3, 0.4) is 0 Å². The fraction of sp³-hybridized carbons (Fsp3) is 0.238. The molecule has 6 nitrogen and oxygen atoms in total. The van der Waals surface area contributed by atoms with Crippen LogP contribution in [0.1, 0.15) is 12.5 Å². The zero-order valence-corrected chi connectivity index (χ0v) is 15.1. The number of para-hydroxylation sites is 1. The second kappa shape index (κ2) is 7.15. The molecule has 0 unspecified atom stereocenters. The summed E-state index contributed by atoms with van der Waals surface area (Å²) >= 11 is 0. The molecule has 0 saturated heterocycles. The third-order valence-corrected chi connectivity index (χ3v) is 4.86. The first-order chi connectivity index (χ1) is 13.1. The van der Waals surface area contributed by atoms with Crippen LogP contribution in [0.5, 0.6) is 0 Å². The summed E-state index contributed by atoms with van der Waals surface area (Å²) in [5.74, 6) is 0. The molecule has 0 bridgehead atoms. The van der Waals surface area contributed by atoms with Crippen LogP contribution in [0.4, 0.5) is 16.2 Å². The van der Waals surface area contributed by atoms with Crippen molar-refractivity contribution in [2.45, 2.75) is 19.4 Å². The minimum atomic E-state index is -0.390. The maximum Gasteiger partial charge on any atom is 0.336 e. The summed E-state index contributed by atoms with van der Waals surface area (Å²) in [6, 6.07) is 16.8. The van der Waals surface area contributed by atoms with E-state index in [1.54, 1.807) is 24.3 Å². The molecule has 0 fully saturated rings. The van der Waals surface area contributed by atoms with Crippen molar-refractivity contribution in [2.24, 2.45) is 0 Å². The van der Waals surface area contributed by atoms with Crippen molar-refractivity contribution < 1.29 is 9.21 Å². The highest BCUT2D eigenvalue weighted by atomic mass is 16.4. The summed E-state index contributed by atoms with van der Waals surface area (Å²) in [6.45, 7) is 3.51. The van der Waals surface area contributed by atoms with Crippen molar-refractivity contribution in [2.75, 3.05) is 23.3 Å². The van der Waals surface area contributed by atoms with Crippen LogP contribution in [0, 0.1) is 0 Å². The first-order valence-corrected chi connectivity index (χ1v) is 9.03. The van der Waals surface area contributed by atoms with Gasteiger partial charge in [0, 0.05) is 42.0 Å². The standard InChI is InChI=1S/C21H21N3O3/c1-14-12-15-4-2-3-5-18(15)24(14)11-10-22-21(26)23-17-7-8-19-16(13-17)6-9-20(25)27-19/h2-9,13-14H,10-12H2,1H3,(H2,22,23,26)/t14-/m0/s1. The Morgan fingerprint density at radius 1 is 1.19 bits per heavy atom. The van der Waals surface area contributed by atoms with E-state index in [1.165, 1.54) is 17.3 Å². The predicted molar refractivity (Wildman–Crippen MR) is 106 cm³/mol. The number of nitrogens with one attached hydrogen (secondary N) is 2. The van der Waals surface area contributed by atoms with Gasteiger partial charge in [0.1, 0.15) is 5.58 Å². The van der Waals surface area contributed by atoms with Crippen molar-refractivity contribution in [3.05, 3.63) is 70.6 Å². The van der Waals surface area contributed by atoms with Gasteiger partial charge in [-0.2, -0.15) is 0 Å². The lowest BCUT2D eigenvalue weighted by Crippen LogP contribution is -2.39. The number of nitrogens with zero attached hydrogens (tertiary/aromatic N) is 1. The Bertz CT molecular complexity index is 1040. The number of carbonyl (C=O) groups excluding carboxylic acids is 1. The van der Waals surface area contributed by atoms with E-state index < -0.39 is 5.63 Å². The lowest BCUT2D eigenvalue weighted by atomic mass is 10.1. The Morgan fingerprint density at radius 3 is 2.93 bits per heavy atom. The number of anilines is 2. The van der Waals surface area contributed by atoms with Gasteiger partial charge in [-0.05, 0) is 49.2 Å². The van der Waals surface area contributed by atoms with Crippen molar-refractivity contribution in [1.29, 1.82) is 0 Å². The molecule has 1 aliphatic heterocycles. The fourth-order valence-corrected chi connectivity index (χ4v) is 3.59. The third-order valence-electron chi connectivity index (χ3n) is 4.86. The summed E-state index contributed by atoms with van der Waals surface area (Å²) in [5, 5.41) is 6.48. The monoisotopic (exact) mass is 363 g/mol. The number of amides is 2. The van der Waals surface area contributed by atoms with Crippen LogP contribution in [0.15, 0.2) is 63.8 Å². The molecular weight excluding hydrogens is 342 g/mol. The normalized spacial score (nSPS) is 15.6. The Balaban J connectivity index is 1.34. The molecule has 0 aliphatic carbocycles. The second-order valence-corrected chi connectivity index (χ2v) is 6.76. The molecule has 2 amide bonds. The summed E-state index contributed by atoms with van der Waals surface area (Å²) in [5.41, 5.74) is 3.36. The number of urea groups is 1. The quantitative estimate of drug-likeness (QED) is 0.697. The lowest BCUT2D eigenvalue weighted by Gasteiger charge is -2.25. The second-order valence-electron chi connectivity index (χ2n) is 6.76. The van der Waals surface area contributed by atoms with E-state index in [1.807, 2.05) is 6.07 Å². The number of benzene rings is 2. The van der Waals surface area contributed by atoms with Crippen LogP contribution in [-0.4, -0.2) is 25.2 Å². The van der Waals surface area contributed by atoms with Crippen LogP contribution in [0.2, 0.25) is 0 Å². The molecule has 138 valence electrons. The highest BCUT2D eigenvalue weighted by Gasteiger charge is 2.24. The highest BCUT2D eigenvalue weighted by molar-refractivity contribution is 5.92. The Kier molecular flexibility index (Phi) is 4.54.